The van der Waals surface area contributed by atoms with Crippen LogP contribution in [0.15, 0.2) is 47.2 Å². The third-order valence-electron chi connectivity index (χ3n) is 6.65. The number of furan rings is 1. The van der Waals surface area contributed by atoms with Crippen molar-refractivity contribution in [2.75, 3.05) is 43.4 Å². The van der Waals surface area contributed by atoms with E-state index in [1.165, 1.54) is 10.8 Å². The van der Waals surface area contributed by atoms with Gasteiger partial charge in [-0.25, -0.2) is 14.1 Å². The summed E-state index contributed by atoms with van der Waals surface area (Å²) >= 11 is 0. The third kappa shape index (κ3) is 4.54. The fourth-order valence-electron chi connectivity index (χ4n) is 4.64. The molecule has 5 aromatic rings. The summed E-state index contributed by atoms with van der Waals surface area (Å²) in [7, 11) is 0. The minimum absolute atomic E-state index is 0.0197. The molecule has 1 fully saturated rings. The molecule has 0 amide bonds. The van der Waals surface area contributed by atoms with Gasteiger partial charge in [-0.05, 0) is 30.3 Å². The number of piperazine rings is 1. The maximum absolute atomic E-state index is 14.4. The van der Waals surface area contributed by atoms with Gasteiger partial charge < -0.3 is 15.1 Å². The lowest BCUT2D eigenvalue weighted by molar-refractivity contribution is -0.0885. The van der Waals surface area contributed by atoms with E-state index in [1.807, 2.05) is 0 Å². The van der Waals surface area contributed by atoms with Gasteiger partial charge in [0.25, 0.3) is 5.78 Å². The molecule has 0 saturated carbocycles. The lowest BCUT2D eigenvalue weighted by atomic mass is 10.1. The number of aromatic nitrogens is 6. The van der Waals surface area contributed by atoms with Gasteiger partial charge in [-0.2, -0.15) is 27.8 Å². The summed E-state index contributed by atoms with van der Waals surface area (Å²) in [4.78, 5) is 24.4. The Bertz CT molecular complexity index is 1670. The van der Waals surface area contributed by atoms with Crippen LogP contribution in [0.3, 0.4) is 0 Å². The SMILES string of the molecule is Nc1nc2c(cnn2CCN2CCN(c3cc(C(=O)C(F)(F)F)ccc3F)CC2)c2nc(-c3ccco3)nn12. The second-order valence-corrected chi connectivity index (χ2v) is 9.04. The van der Waals surface area contributed by atoms with Crippen molar-refractivity contribution in [3.8, 4) is 11.6 Å². The van der Waals surface area contributed by atoms with Crippen molar-refractivity contribution >= 4 is 34.1 Å². The molecule has 39 heavy (non-hydrogen) atoms. The van der Waals surface area contributed by atoms with E-state index in [9.17, 15) is 22.4 Å². The second kappa shape index (κ2) is 9.34. The zero-order chi connectivity index (χ0) is 27.3. The van der Waals surface area contributed by atoms with Crippen molar-refractivity contribution in [1.82, 2.24) is 34.3 Å². The standard InChI is InChI=1S/C24H21F4N9O2/c25-16-4-3-14(19(38)24(26,27)28)12-17(16)35-8-5-34(6-9-35)7-10-36-21-15(13-30-36)22-31-20(18-2-1-11-39-18)33-37(22)23(29)32-21/h1-4,11-13H,5-10H2,(H2,29,32). The van der Waals surface area contributed by atoms with Crippen LogP contribution < -0.4 is 10.6 Å². The van der Waals surface area contributed by atoms with Gasteiger partial charge in [-0.1, -0.05) is 0 Å². The van der Waals surface area contributed by atoms with Gasteiger partial charge >= 0.3 is 6.18 Å². The number of halogens is 4. The number of alkyl halides is 3. The van der Waals surface area contributed by atoms with Gasteiger partial charge in [0, 0.05) is 38.3 Å². The predicted molar refractivity (Wildman–Crippen MR) is 132 cm³/mol. The topological polar surface area (TPSA) is 124 Å². The normalized spacial score (nSPS) is 15.0. The zero-order valence-electron chi connectivity index (χ0n) is 20.3. The van der Waals surface area contributed by atoms with Crippen LogP contribution in [0.2, 0.25) is 0 Å². The Morgan fingerprint density at radius 2 is 1.85 bits per heavy atom. The van der Waals surface area contributed by atoms with Crippen LogP contribution in [-0.2, 0) is 6.54 Å². The van der Waals surface area contributed by atoms with Gasteiger partial charge in [0.2, 0.25) is 11.8 Å². The molecule has 0 atom stereocenters. The smallest absolute Gasteiger partial charge is 0.454 e. The molecule has 0 radical (unpaired) electrons. The lowest BCUT2D eigenvalue weighted by Crippen LogP contribution is -2.47. The molecule has 5 heterocycles. The molecule has 0 spiro atoms. The molecule has 0 aliphatic carbocycles. The maximum atomic E-state index is 14.4. The van der Waals surface area contributed by atoms with E-state index in [2.05, 4.69) is 25.1 Å². The minimum atomic E-state index is -5.02. The second-order valence-electron chi connectivity index (χ2n) is 9.04. The van der Waals surface area contributed by atoms with Crippen molar-refractivity contribution in [1.29, 1.82) is 0 Å². The van der Waals surface area contributed by atoms with Crippen LogP contribution in [0, 0.1) is 5.82 Å². The number of nitrogens with zero attached hydrogens (tertiary/aromatic N) is 8. The third-order valence-corrected chi connectivity index (χ3v) is 6.65. The van der Waals surface area contributed by atoms with Gasteiger partial charge in [-0.3, -0.25) is 9.69 Å². The average Bonchev–Trinajstić information content (AvgIpc) is 3.67. The Morgan fingerprint density at radius 1 is 1.05 bits per heavy atom. The monoisotopic (exact) mass is 543 g/mol. The molecule has 202 valence electrons. The lowest BCUT2D eigenvalue weighted by Gasteiger charge is -2.36. The first-order valence-electron chi connectivity index (χ1n) is 12.0. The predicted octanol–water partition coefficient (Wildman–Crippen LogP) is 3.02. The number of rotatable bonds is 6. The number of nitrogen functional groups attached to an aromatic ring is 1. The molecule has 6 rings (SSSR count). The number of carbonyl (C=O) groups excluding carboxylic acids is 1. The van der Waals surface area contributed by atoms with Crippen LogP contribution in [0.4, 0.5) is 29.2 Å². The fourth-order valence-corrected chi connectivity index (χ4v) is 4.64. The van der Waals surface area contributed by atoms with Crippen LogP contribution >= 0.6 is 0 Å². The van der Waals surface area contributed by atoms with Crippen LogP contribution in [-0.4, -0.2) is 78.9 Å². The first-order valence-corrected chi connectivity index (χ1v) is 12.0. The molecule has 15 heteroatoms. The number of benzene rings is 1. The molecule has 1 aromatic carbocycles. The van der Waals surface area contributed by atoms with Crippen molar-refractivity contribution in [2.45, 2.75) is 12.7 Å². The number of fused-ring (bicyclic) bond motifs is 3. The average molecular weight is 543 g/mol. The number of carbonyl (C=O) groups is 1. The fraction of sp³-hybridized carbons (Fsp3) is 0.292. The Morgan fingerprint density at radius 3 is 2.56 bits per heavy atom. The van der Waals surface area contributed by atoms with E-state index in [0.717, 1.165) is 18.2 Å². The van der Waals surface area contributed by atoms with Crippen LogP contribution in [0.1, 0.15) is 10.4 Å². The van der Waals surface area contributed by atoms with Crippen molar-refractivity contribution in [3.05, 3.63) is 54.2 Å². The summed E-state index contributed by atoms with van der Waals surface area (Å²) < 4.78 is 61.4. The number of anilines is 2. The van der Waals surface area contributed by atoms with E-state index in [1.54, 1.807) is 27.9 Å². The van der Waals surface area contributed by atoms with E-state index in [-0.39, 0.29) is 11.6 Å². The van der Waals surface area contributed by atoms with E-state index < -0.39 is 23.3 Å². The highest BCUT2D eigenvalue weighted by Crippen LogP contribution is 2.28. The van der Waals surface area contributed by atoms with Gasteiger partial charge in [0.05, 0.1) is 30.1 Å². The minimum Gasteiger partial charge on any atom is -0.461 e. The van der Waals surface area contributed by atoms with Crippen LogP contribution in [0.5, 0.6) is 0 Å². The summed E-state index contributed by atoms with van der Waals surface area (Å²) in [5.41, 5.74) is 6.58. The molecule has 1 saturated heterocycles. The maximum Gasteiger partial charge on any atom is 0.454 e. The number of ketones is 1. The molecule has 2 N–H and O–H groups in total. The molecule has 1 aliphatic rings. The largest absolute Gasteiger partial charge is 0.461 e. The first-order chi connectivity index (χ1) is 18.7. The molecule has 11 nitrogen and oxygen atoms in total. The van der Waals surface area contributed by atoms with E-state index >= 15 is 0 Å². The molecule has 0 bridgehead atoms. The van der Waals surface area contributed by atoms with Gasteiger partial charge in [0.1, 0.15) is 5.82 Å². The molecular weight excluding hydrogens is 522 g/mol. The summed E-state index contributed by atoms with van der Waals surface area (Å²) in [6.45, 7) is 2.90. The Labute approximate surface area is 217 Å². The molecule has 4 aromatic heterocycles. The van der Waals surface area contributed by atoms with Crippen molar-refractivity contribution < 1.29 is 26.8 Å². The zero-order valence-corrected chi connectivity index (χ0v) is 20.3. The van der Waals surface area contributed by atoms with Crippen molar-refractivity contribution in [2.24, 2.45) is 0 Å². The summed E-state index contributed by atoms with van der Waals surface area (Å²) in [6.07, 6.45) is -1.85. The van der Waals surface area contributed by atoms with E-state index in [0.29, 0.717) is 67.5 Å². The van der Waals surface area contributed by atoms with E-state index in [4.69, 9.17) is 10.2 Å². The Balaban J connectivity index is 1.14. The Kier molecular flexibility index (Phi) is 5.94. The molecule has 0 unspecified atom stereocenters. The highest BCUT2D eigenvalue weighted by molar-refractivity contribution is 6.01. The summed E-state index contributed by atoms with van der Waals surface area (Å²) in [5, 5.41) is 9.49. The highest BCUT2D eigenvalue weighted by Gasteiger charge is 2.39. The van der Waals surface area contributed by atoms with Gasteiger partial charge in [-0.15, -0.1) is 5.10 Å². The summed E-state index contributed by atoms with van der Waals surface area (Å²) in [6, 6.07) is 6.19. The molecular formula is C24H21F4N9O2. The first kappa shape index (κ1) is 24.8. The quantitative estimate of drug-likeness (QED) is 0.254. The summed E-state index contributed by atoms with van der Waals surface area (Å²) in [5.74, 6) is -1.66. The number of hydrogen-bond acceptors (Lipinski definition) is 9. The number of nitrogens with two attached hydrogens (primary N) is 1. The van der Waals surface area contributed by atoms with Crippen molar-refractivity contribution in [3.63, 3.8) is 0 Å². The number of hydrogen-bond donors (Lipinski definition) is 1. The highest BCUT2D eigenvalue weighted by atomic mass is 19.4. The Hall–Kier alpha value is -4.53. The molecule has 1 aliphatic heterocycles. The number of Topliss-reactive ketones (excluding diaryl/α,β-unsaturated/α-hetero) is 1. The van der Waals surface area contributed by atoms with Gasteiger partial charge in [0.15, 0.2) is 17.1 Å². The van der Waals surface area contributed by atoms with Crippen LogP contribution in [0.25, 0.3) is 28.3 Å².